The Morgan fingerprint density at radius 3 is 2.71 bits per heavy atom. The molecule has 1 fully saturated rings. The van der Waals surface area contributed by atoms with E-state index in [0.717, 1.165) is 64.9 Å². The molecular formula is C27H32N6O. The van der Waals surface area contributed by atoms with E-state index < -0.39 is 0 Å². The first-order chi connectivity index (χ1) is 16.6. The summed E-state index contributed by atoms with van der Waals surface area (Å²) in [6.45, 7) is 2.74. The highest BCUT2D eigenvalue weighted by Gasteiger charge is 2.28. The van der Waals surface area contributed by atoms with Gasteiger partial charge < -0.3 is 16.0 Å². The van der Waals surface area contributed by atoms with Gasteiger partial charge in [-0.1, -0.05) is 42.5 Å². The number of nitrogens with zero attached hydrogens (tertiary/aromatic N) is 2. The maximum Gasteiger partial charge on any atom is 0.223 e. The Kier molecular flexibility index (Phi) is 6.45. The zero-order valence-electron chi connectivity index (χ0n) is 19.6. The lowest BCUT2D eigenvalue weighted by Crippen LogP contribution is -2.37. The molecule has 5 rings (SSSR count). The molecule has 34 heavy (non-hydrogen) atoms. The van der Waals surface area contributed by atoms with E-state index in [1.165, 1.54) is 0 Å². The second-order valence-corrected chi connectivity index (χ2v) is 9.47. The Labute approximate surface area is 199 Å². The van der Waals surface area contributed by atoms with Gasteiger partial charge in [-0.3, -0.25) is 9.89 Å². The summed E-state index contributed by atoms with van der Waals surface area (Å²) >= 11 is 0. The number of imidazole rings is 1. The van der Waals surface area contributed by atoms with Crippen LogP contribution in [0.2, 0.25) is 0 Å². The Hall–Kier alpha value is -3.45. The molecular weight excluding hydrogens is 424 g/mol. The molecule has 2 aromatic heterocycles. The number of fused-ring (bicyclic) bond motifs is 1. The maximum absolute atomic E-state index is 13.3. The van der Waals surface area contributed by atoms with Gasteiger partial charge in [0, 0.05) is 22.6 Å². The van der Waals surface area contributed by atoms with Crippen LogP contribution >= 0.6 is 0 Å². The van der Waals surface area contributed by atoms with Gasteiger partial charge in [-0.15, -0.1) is 0 Å². The molecule has 1 amide bonds. The van der Waals surface area contributed by atoms with Crippen molar-refractivity contribution in [2.45, 2.75) is 45.1 Å². The summed E-state index contributed by atoms with van der Waals surface area (Å²) in [7, 11) is 0. The van der Waals surface area contributed by atoms with Crippen LogP contribution in [-0.4, -0.2) is 32.6 Å². The van der Waals surface area contributed by atoms with Crippen LogP contribution in [0, 0.1) is 18.8 Å². The molecule has 7 heteroatoms. The first-order valence-corrected chi connectivity index (χ1v) is 12.1. The van der Waals surface area contributed by atoms with E-state index in [1.807, 2.05) is 37.4 Å². The fourth-order valence-electron chi connectivity index (χ4n) is 5.03. The van der Waals surface area contributed by atoms with Crippen molar-refractivity contribution in [1.29, 1.82) is 0 Å². The highest BCUT2D eigenvalue weighted by molar-refractivity contribution is 5.83. The van der Waals surface area contributed by atoms with E-state index in [2.05, 4.69) is 44.8 Å². The monoisotopic (exact) mass is 456 g/mol. The first kappa shape index (κ1) is 22.3. The summed E-state index contributed by atoms with van der Waals surface area (Å²) in [6, 6.07) is 16.2. The van der Waals surface area contributed by atoms with Crippen LogP contribution in [0.4, 0.5) is 0 Å². The summed E-state index contributed by atoms with van der Waals surface area (Å²) in [5.74, 6) is 1.49. The van der Waals surface area contributed by atoms with Gasteiger partial charge in [0.05, 0.1) is 23.4 Å². The third-order valence-corrected chi connectivity index (χ3v) is 7.10. The molecule has 1 aliphatic carbocycles. The zero-order valence-corrected chi connectivity index (χ0v) is 19.6. The first-order valence-electron chi connectivity index (χ1n) is 12.1. The molecule has 1 atom stereocenters. The molecule has 4 aromatic rings. The van der Waals surface area contributed by atoms with Crippen molar-refractivity contribution >= 4 is 16.8 Å². The fourth-order valence-corrected chi connectivity index (χ4v) is 5.03. The Balaban J connectivity index is 1.41. The van der Waals surface area contributed by atoms with Crippen LogP contribution in [0.15, 0.2) is 54.7 Å². The van der Waals surface area contributed by atoms with Crippen molar-refractivity contribution in [2.24, 2.45) is 17.6 Å². The second-order valence-electron chi connectivity index (χ2n) is 9.47. The Morgan fingerprint density at radius 2 is 1.94 bits per heavy atom. The summed E-state index contributed by atoms with van der Waals surface area (Å²) in [4.78, 5) is 21.7. The van der Waals surface area contributed by atoms with E-state index in [9.17, 15) is 4.79 Å². The zero-order chi connectivity index (χ0) is 23.5. The third kappa shape index (κ3) is 4.75. The van der Waals surface area contributed by atoms with Crippen molar-refractivity contribution in [3.63, 3.8) is 0 Å². The van der Waals surface area contributed by atoms with Crippen molar-refractivity contribution in [3.8, 4) is 11.3 Å². The number of carbonyl (C=O) groups is 1. The van der Waals surface area contributed by atoms with E-state index in [-0.39, 0.29) is 17.9 Å². The van der Waals surface area contributed by atoms with E-state index in [0.29, 0.717) is 18.9 Å². The van der Waals surface area contributed by atoms with Crippen LogP contribution in [0.5, 0.6) is 0 Å². The van der Waals surface area contributed by atoms with Gasteiger partial charge in [0.15, 0.2) is 0 Å². The lowest BCUT2D eigenvalue weighted by Gasteiger charge is -2.28. The van der Waals surface area contributed by atoms with Crippen LogP contribution in [0.1, 0.15) is 48.8 Å². The molecule has 1 unspecified atom stereocenters. The predicted octanol–water partition coefficient (Wildman–Crippen LogP) is 4.43. The van der Waals surface area contributed by atoms with Crippen LogP contribution in [-0.2, 0) is 11.2 Å². The topological polar surface area (TPSA) is 112 Å². The van der Waals surface area contributed by atoms with Gasteiger partial charge >= 0.3 is 0 Å². The average Bonchev–Trinajstić information content (AvgIpc) is 3.50. The lowest BCUT2D eigenvalue weighted by atomic mass is 9.81. The number of aromatic nitrogens is 4. The number of rotatable bonds is 7. The molecule has 0 aliphatic heterocycles. The van der Waals surface area contributed by atoms with Crippen molar-refractivity contribution in [3.05, 3.63) is 71.8 Å². The van der Waals surface area contributed by atoms with E-state index in [1.54, 1.807) is 0 Å². The lowest BCUT2D eigenvalue weighted by molar-refractivity contribution is -0.127. The van der Waals surface area contributed by atoms with Gasteiger partial charge in [-0.25, -0.2) is 4.98 Å². The minimum Gasteiger partial charge on any atom is -0.346 e. The second kappa shape index (κ2) is 9.81. The van der Waals surface area contributed by atoms with Crippen molar-refractivity contribution < 1.29 is 4.79 Å². The quantitative estimate of drug-likeness (QED) is 0.330. The summed E-state index contributed by atoms with van der Waals surface area (Å²) in [5.41, 5.74) is 10.9. The molecule has 2 heterocycles. The molecule has 2 aromatic carbocycles. The van der Waals surface area contributed by atoms with Crippen LogP contribution in [0.3, 0.4) is 0 Å². The summed E-state index contributed by atoms with van der Waals surface area (Å²) < 4.78 is 0. The van der Waals surface area contributed by atoms with Crippen molar-refractivity contribution in [1.82, 2.24) is 25.5 Å². The van der Waals surface area contributed by atoms with Gasteiger partial charge in [0.1, 0.15) is 5.82 Å². The maximum atomic E-state index is 13.3. The number of hydrogen-bond donors (Lipinski definition) is 4. The number of benzene rings is 2. The number of aromatic amines is 2. The molecule has 1 saturated carbocycles. The molecule has 7 nitrogen and oxygen atoms in total. The van der Waals surface area contributed by atoms with Gasteiger partial charge in [0.2, 0.25) is 5.91 Å². The number of H-pyrrole nitrogens is 2. The number of nitrogens with one attached hydrogen (secondary N) is 3. The molecule has 176 valence electrons. The minimum absolute atomic E-state index is 0.0411. The van der Waals surface area contributed by atoms with E-state index >= 15 is 0 Å². The number of amides is 1. The van der Waals surface area contributed by atoms with Gasteiger partial charge in [0.25, 0.3) is 0 Å². The Bertz CT molecular complexity index is 1250. The Morgan fingerprint density at radius 1 is 1.15 bits per heavy atom. The smallest absolute Gasteiger partial charge is 0.223 e. The minimum atomic E-state index is -0.231. The number of nitrogens with two attached hydrogens (primary N) is 1. The highest BCUT2D eigenvalue weighted by atomic mass is 16.1. The molecule has 5 N–H and O–H groups in total. The number of carbonyl (C=O) groups excluding carboxylic acids is 1. The third-order valence-electron chi connectivity index (χ3n) is 7.10. The molecule has 1 aliphatic rings. The summed E-state index contributed by atoms with van der Waals surface area (Å²) in [5, 5.41) is 11.5. The van der Waals surface area contributed by atoms with E-state index in [4.69, 9.17) is 10.7 Å². The molecule has 0 spiro atoms. The fraction of sp³-hybridized carbons (Fsp3) is 0.370. The number of aryl methyl sites for hydroxylation is 1. The van der Waals surface area contributed by atoms with Gasteiger partial charge in [-0.05, 0) is 63.1 Å². The molecule has 0 bridgehead atoms. The SMILES string of the molecule is Cc1[nH]c(C(Cc2ccccc2)NC(=O)C2CCC(CN)CC2)nc1-c1ccc2cn[nH]c2c1. The van der Waals surface area contributed by atoms with Gasteiger partial charge in [-0.2, -0.15) is 5.10 Å². The van der Waals surface area contributed by atoms with Crippen LogP contribution < -0.4 is 11.1 Å². The van der Waals surface area contributed by atoms with Crippen LogP contribution in [0.25, 0.3) is 22.2 Å². The largest absolute Gasteiger partial charge is 0.346 e. The predicted molar refractivity (Wildman–Crippen MR) is 134 cm³/mol. The summed E-state index contributed by atoms with van der Waals surface area (Å²) in [6.07, 6.45) is 6.35. The average molecular weight is 457 g/mol. The standard InChI is InChI=1S/C27H32N6O/c1-17-25(21-11-12-22-16-29-33-23(22)14-21)32-26(30-17)24(13-18-5-3-2-4-6-18)31-27(34)20-9-7-19(15-28)8-10-20/h2-6,11-12,14,16,19-20,24H,7-10,13,15,28H2,1H3,(H,29,33)(H,30,32)(H,31,34). The normalized spacial score (nSPS) is 19.2. The molecule has 0 saturated heterocycles. The number of hydrogen-bond acceptors (Lipinski definition) is 4. The molecule has 0 radical (unpaired) electrons. The highest BCUT2D eigenvalue weighted by Crippen LogP contribution is 2.30. The van der Waals surface area contributed by atoms with Crippen molar-refractivity contribution in [2.75, 3.05) is 6.54 Å².